The summed E-state index contributed by atoms with van der Waals surface area (Å²) in [7, 11) is -2.98. The molecule has 1 aromatic rings. The molecule has 0 aliphatic carbocycles. The number of amides is 1. The number of phosphoric ester groups is 1. The maximum atomic E-state index is 11.9. The summed E-state index contributed by atoms with van der Waals surface area (Å²) < 4.78 is 31.9. The summed E-state index contributed by atoms with van der Waals surface area (Å²) in [6, 6.07) is 6.22. The number of benzene rings is 1. The fraction of sp³-hybridized carbons (Fsp3) is 0.632. The number of hydrogen-bond acceptors (Lipinski definition) is 7. The van der Waals surface area contributed by atoms with E-state index in [9.17, 15) is 14.3 Å². The second kappa shape index (κ2) is 14.4. The molecule has 0 saturated heterocycles. The summed E-state index contributed by atoms with van der Waals surface area (Å²) in [6.45, 7) is 2.80. The molecule has 28 heavy (non-hydrogen) atoms. The van der Waals surface area contributed by atoms with Crippen molar-refractivity contribution in [1.29, 1.82) is 0 Å². The van der Waals surface area contributed by atoms with Crippen LogP contribution in [0.5, 0.6) is 11.5 Å². The first-order valence-corrected chi connectivity index (χ1v) is 11.1. The number of methoxy groups -OCH3 is 1. The van der Waals surface area contributed by atoms with Crippen molar-refractivity contribution in [2.45, 2.75) is 45.4 Å². The molecule has 0 aliphatic rings. The van der Waals surface area contributed by atoms with Crippen molar-refractivity contribution >= 4 is 13.7 Å². The fourth-order valence-corrected chi connectivity index (χ4v) is 3.08. The maximum Gasteiger partial charge on any atom is 0.319 e. The number of rotatable bonds is 16. The van der Waals surface area contributed by atoms with Crippen LogP contribution in [0.25, 0.3) is 0 Å². The highest BCUT2D eigenvalue weighted by Gasteiger charge is 2.12. The molecule has 9 heteroatoms. The molecule has 1 N–H and O–H groups in total. The molecule has 0 radical (unpaired) electrons. The Hall–Kier alpha value is -1.60. The van der Waals surface area contributed by atoms with Gasteiger partial charge in [-0.2, -0.15) is 0 Å². The van der Waals surface area contributed by atoms with Crippen LogP contribution in [0.2, 0.25) is 0 Å². The van der Waals surface area contributed by atoms with E-state index in [2.05, 4.69) is 12.2 Å². The van der Waals surface area contributed by atoms with Gasteiger partial charge >= 0.3 is 7.82 Å². The summed E-state index contributed by atoms with van der Waals surface area (Å²) in [5.74, 6) is 0.438. The number of nitrogens with one attached hydrogen (secondary N) is 1. The maximum absolute atomic E-state index is 11.9. The van der Waals surface area contributed by atoms with Crippen LogP contribution < -0.4 is 19.5 Å². The molecule has 0 spiro atoms. The summed E-state index contributed by atoms with van der Waals surface area (Å²) in [5.41, 5.74) is 0. The average molecular weight is 416 g/mol. The molecule has 0 aromatic heterocycles. The Morgan fingerprint density at radius 3 is 2.61 bits per heavy atom. The van der Waals surface area contributed by atoms with E-state index < -0.39 is 7.82 Å². The van der Waals surface area contributed by atoms with Gasteiger partial charge in [-0.25, -0.2) is 0 Å². The van der Waals surface area contributed by atoms with Crippen molar-refractivity contribution in [2.75, 3.05) is 33.5 Å². The van der Waals surface area contributed by atoms with Crippen LogP contribution in [0.15, 0.2) is 24.3 Å². The first-order chi connectivity index (χ1) is 13.5. The Bertz CT molecular complexity index is 612. The highest BCUT2D eigenvalue weighted by Crippen LogP contribution is 2.40. The standard InChI is InChI=1S/C19H32NO7P/c1-3-4-5-6-7-11-19(21)20-12-13-26-28(22,23)27-18-10-8-9-17(16-18)25-15-14-24-2/h8-10,16H,3-7,11-15H2,1-2H3,(H,20,21)(H,22,23)/p-1. The zero-order chi connectivity index (χ0) is 20.7. The smallest absolute Gasteiger partial charge is 0.319 e. The Morgan fingerprint density at radius 2 is 1.86 bits per heavy atom. The van der Waals surface area contributed by atoms with Gasteiger partial charge < -0.3 is 28.7 Å². The molecule has 1 amide bonds. The molecule has 0 saturated carbocycles. The molecule has 0 fully saturated rings. The summed E-state index contributed by atoms with van der Waals surface area (Å²) >= 11 is 0. The number of carbonyl (C=O) groups is 1. The van der Waals surface area contributed by atoms with E-state index in [1.54, 1.807) is 19.2 Å². The number of hydrogen-bond donors (Lipinski definition) is 1. The van der Waals surface area contributed by atoms with Crippen LogP contribution >= 0.6 is 7.82 Å². The van der Waals surface area contributed by atoms with Crippen LogP contribution in [0.1, 0.15) is 45.4 Å². The molecular formula is C19H31NO7P-. The highest BCUT2D eigenvalue weighted by molar-refractivity contribution is 7.46. The minimum absolute atomic E-state index is 0.0874. The van der Waals surface area contributed by atoms with Gasteiger partial charge in [0.1, 0.15) is 18.1 Å². The lowest BCUT2D eigenvalue weighted by atomic mass is 10.1. The number of phosphoric acid groups is 1. The Morgan fingerprint density at radius 1 is 1.11 bits per heavy atom. The van der Waals surface area contributed by atoms with Crippen molar-refractivity contribution in [3.8, 4) is 11.5 Å². The van der Waals surface area contributed by atoms with Crippen LogP contribution in [-0.4, -0.2) is 39.4 Å². The summed E-state index contributed by atoms with van der Waals surface area (Å²) in [6.07, 6.45) is 5.75. The number of ether oxygens (including phenoxy) is 2. The van der Waals surface area contributed by atoms with Crippen molar-refractivity contribution in [2.24, 2.45) is 0 Å². The van der Waals surface area contributed by atoms with Gasteiger partial charge in [0.05, 0.1) is 13.2 Å². The molecule has 8 nitrogen and oxygen atoms in total. The van der Waals surface area contributed by atoms with Gasteiger partial charge in [0.25, 0.3) is 0 Å². The number of carbonyl (C=O) groups excluding carboxylic acids is 1. The average Bonchev–Trinajstić information content (AvgIpc) is 2.65. The second-order valence-corrected chi connectivity index (χ2v) is 7.54. The predicted molar refractivity (Wildman–Crippen MR) is 104 cm³/mol. The molecular weight excluding hydrogens is 385 g/mol. The third-order valence-electron chi connectivity index (χ3n) is 3.76. The molecule has 0 bridgehead atoms. The van der Waals surface area contributed by atoms with Gasteiger partial charge in [-0.1, -0.05) is 38.7 Å². The molecule has 160 valence electrons. The third-order valence-corrected chi connectivity index (χ3v) is 4.69. The molecule has 1 rings (SSSR count). The van der Waals surface area contributed by atoms with Gasteiger partial charge in [-0.05, 0) is 18.6 Å². The lowest BCUT2D eigenvalue weighted by molar-refractivity contribution is -0.216. The lowest BCUT2D eigenvalue weighted by Gasteiger charge is -2.23. The summed E-state index contributed by atoms with van der Waals surface area (Å²) in [4.78, 5) is 23.6. The van der Waals surface area contributed by atoms with Crippen molar-refractivity contribution < 1.29 is 32.8 Å². The zero-order valence-corrected chi connectivity index (χ0v) is 17.6. The van der Waals surface area contributed by atoms with Crippen LogP contribution in [0.3, 0.4) is 0 Å². The van der Waals surface area contributed by atoms with E-state index in [1.165, 1.54) is 18.6 Å². The number of unbranched alkanes of at least 4 members (excludes halogenated alkanes) is 4. The molecule has 0 aliphatic heterocycles. The second-order valence-electron chi connectivity index (χ2n) is 6.20. The third kappa shape index (κ3) is 12.0. The lowest BCUT2D eigenvalue weighted by Crippen LogP contribution is -2.27. The first-order valence-electron chi connectivity index (χ1n) is 9.60. The minimum atomic E-state index is -4.54. The van der Waals surface area contributed by atoms with Gasteiger partial charge in [0, 0.05) is 26.1 Å². The Balaban J connectivity index is 2.26. The predicted octanol–water partition coefficient (Wildman–Crippen LogP) is 3.05. The highest BCUT2D eigenvalue weighted by atomic mass is 31.2. The van der Waals surface area contributed by atoms with E-state index in [1.807, 2.05) is 0 Å². The quantitative estimate of drug-likeness (QED) is 0.326. The van der Waals surface area contributed by atoms with Crippen LogP contribution in [0, 0.1) is 0 Å². The van der Waals surface area contributed by atoms with Gasteiger partial charge in [0.2, 0.25) is 5.91 Å². The minimum Gasteiger partial charge on any atom is -0.746 e. The molecule has 1 atom stereocenters. The van der Waals surface area contributed by atoms with Gasteiger partial charge in [-0.15, -0.1) is 0 Å². The van der Waals surface area contributed by atoms with Crippen LogP contribution in [-0.2, 0) is 18.6 Å². The van der Waals surface area contributed by atoms with E-state index in [-0.39, 0.29) is 24.8 Å². The van der Waals surface area contributed by atoms with Crippen molar-refractivity contribution in [1.82, 2.24) is 5.32 Å². The Kier molecular flexibility index (Phi) is 12.6. The van der Waals surface area contributed by atoms with Gasteiger partial charge in [-0.3, -0.25) is 9.36 Å². The largest absolute Gasteiger partial charge is 0.746 e. The summed E-state index contributed by atoms with van der Waals surface area (Å²) in [5, 5.41) is 2.64. The van der Waals surface area contributed by atoms with Crippen molar-refractivity contribution in [3.63, 3.8) is 0 Å². The SMILES string of the molecule is CCCCCCCC(=O)NCCOP(=O)([O-])Oc1cccc(OCCOC)c1. The first kappa shape index (κ1) is 24.4. The fourth-order valence-electron chi connectivity index (χ4n) is 2.34. The van der Waals surface area contributed by atoms with E-state index in [0.29, 0.717) is 25.4 Å². The van der Waals surface area contributed by atoms with E-state index in [4.69, 9.17) is 18.5 Å². The van der Waals surface area contributed by atoms with E-state index >= 15 is 0 Å². The van der Waals surface area contributed by atoms with E-state index in [0.717, 1.165) is 25.7 Å². The Labute approximate surface area is 167 Å². The molecule has 0 heterocycles. The normalized spacial score (nSPS) is 13.0. The van der Waals surface area contributed by atoms with Crippen LogP contribution in [0.4, 0.5) is 0 Å². The van der Waals surface area contributed by atoms with Gasteiger partial charge in [0.15, 0.2) is 0 Å². The molecule has 1 unspecified atom stereocenters. The zero-order valence-electron chi connectivity index (χ0n) is 16.7. The monoisotopic (exact) mass is 416 g/mol. The molecule has 1 aromatic carbocycles. The van der Waals surface area contributed by atoms with Crippen molar-refractivity contribution in [3.05, 3.63) is 24.3 Å². The topological polar surface area (TPSA) is 106 Å².